The third kappa shape index (κ3) is 4.27. The van der Waals surface area contributed by atoms with Crippen LogP contribution in [0.3, 0.4) is 0 Å². The van der Waals surface area contributed by atoms with E-state index in [1.165, 1.54) is 23.5 Å². The topological polar surface area (TPSA) is 43.4 Å². The second kappa shape index (κ2) is 7.52. The van der Waals surface area contributed by atoms with Crippen molar-refractivity contribution in [1.29, 1.82) is 0 Å². The van der Waals surface area contributed by atoms with Gasteiger partial charge in [-0.15, -0.1) is 11.3 Å². The molecule has 0 atom stereocenters. The minimum atomic E-state index is -5.68. The summed E-state index contributed by atoms with van der Waals surface area (Å²) in [7, 11) is -5.68. The lowest BCUT2D eigenvalue weighted by molar-refractivity contribution is -0.0500. The van der Waals surface area contributed by atoms with Crippen molar-refractivity contribution >= 4 is 47.7 Å². The summed E-state index contributed by atoms with van der Waals surface area (Å²) in [5.41, 5.74) is -4.41. The summed E-state index contributed by atoms with van der Waals surface area (Å²) in [5, 5.41) is 1.80. The van der Waals surface area contributed by atoms with Crippen LogP contribution in [0.1, 0.15) is 31.7 Å². The molecular weight excluding hydrogens is 397 g/mol. The maximum atomic E-state index is 12.5. The van der Waals surface area contributed by atoms with Crippen LogP contribution in [0.2, 0.25) is 0 Å². The summed E-state index contributed by atoms with van der Waals surface area (Å²) in [6, 6.07) is 10.1. The number of hydrogen-bond donors (Lipinski definition) is 0. The number of hydrogen-bond acceptors (Lipinski definition) is 4. The molecule has 0 aliphatic heterocycles. The first-order valence-electron chi connectivity index (χ1n) is 8.35. The SMILES string of the molecule is CCCCC=Cc1ccc2c(c1)sc1cc(OS(=O)(=O)C(F)(F)F)ccc12. The molecule has 3 aromatic rings. The normalized spacial score (nSPS) is 13.0. The van der Waals surface area contributed by atoms with Gasteiger partial charge in [0.1, 0.15) is 5.75 Å². The first kappa shape index (κ1) is 19.7. The Labute approximate surface area is 159 Å². The third-order valence-electron chi connectivity index (χ3n) is 3.99. The first-order valence-corrected chi connectivity index (χ1v) is 10.6. The monoisotopic (exact) mass is 414 g/mol. The zero-order valence-electron chi connectivity index (χ0n) is 14.4. The predicted octanol–water partition coefficient (Wildman–Crippen LogP) is 6.49. The quantitative estimate of drug-likeness (QED) is 0.263. The lowest BCUT2D eigenvalue weighted by Crippen LogP contribution is -2.27. The van der Waals surface area contributed by atoms with E-state index >= 15 is 0 Å². The van der Waals surface area contributed by atoms with Crippen molar-refractivity contribution in [1.82, 2.24) is 0 Å². The summed E-state index contributed by atoms with van der Waals surface area (Å²) >= 11 is 1.38. The highest BCUT2D eigenvalue weighted by Crippen LogP contribution is 2.37. The van der Waals surface area contributed by atoms with Crippen LogP contribution in [-0.2, 0) is 10.1 Å². The average Bonchev–Trinajstić information content (AvgIpc) is 2.94. The van der Waals surface area contributed by atoms with Gasteiger partial charge in [-0.05, 0) is 36.2 Å². The van der Waals surface area contributed by atoms with Gasteiger partial charge in [0.15, 0.2) is 0 Å². The zero-order chi connectivity index (χ0) is 19.7. The minimum absolute atomic E-state index is 0.355. The van der Waals surface area contributed by atoms with Gasteiger partial charge in [0.05, 0.1) is 0 Å². The summed E-state index contributed by atoms with van der Waals surface area (Å²) < 4.78 is 65.6. The molecule has 3 rings (SSSR count). The van der Waals surface area contributed by atoms with Gasteiger partial charge in [0.2, 0.25) is 0 Å². The Morgan fingerprint density at radius 2 is 1.74 bits per heavy atom. The molecule has 8 heteroatoms. The summed E-state index contributed by atoms with van der Waals surface area (Å²) in [6.45, 7) is 2.13. The zero-order valence-corrected chi connectivity index (χ0v) is 16.0. The Morgan fingerprint density at radius 3 is 2.41 bits per heavy atom. The van der Waals surface area contributed by atoms with Crippen LogP contribution >= 0.6 is 11.3 Å². The van der Waals surface area contributed by atoms with Gasteiger partial charge in [-0.25, -0.2) is 0 Å². The summed E-state index contributed by atoms with van der Waals surface area (Å²) in [6.07, 6.45) is 7.44. The van der Waals surface area contributed by atoms with Crippen molar-refractivity contribution in [2.45, 2.75) is 31.7 Å². The molecule has 27 heavy (non-hydrogen) atoms. The maximum Gasteiger partial charge on any atom is 0.534 e. The number of alkyl halides is 3. The van der Waals surface area contributed by atoms with Crippen LogP contribution in [-0.4, -0.2) is 13.9 Å². The van der Waals surface area contributed by atoms with Crippen molar-refractivity contribution in [3.8, 4) is 5.75 Å². The highest BCUT2D eigenvalue weighted by molar-refractivity contribution is 7.88. The maximum absolute atomic E-state index is 12.5. The number of fused-ring (bicyclic) bond motifs is 3. The van der Waals surface area contributed by atoms with Crippen molar-refractivity contribution in [2.75, 3.05) is 0 Å². The molecule has 0 fully saturated rings. The molecule has 2 aromatic carbocycles. The molecule has 0 N–H and O–H groups in total. The number of halogens is 3. The van der Waals surface area contributed by atoms with Gasteiger partial charge in [0.25, 0.3) is 0 Å². The number of benzene rings is 2. The van der Waals surface area contributed by atoms with E-state index in [0.29, 0.717) is 4.70 Å². The fraction of sp³-hybridized carbons (Fsp3) is 0.263. The van der Waals surface area contributed by atoms with E-state index in [0.717, 1.165) is 40.3 Å². The highest BCUT2D eigenvalue weighted by atomic mass is 32.2. The molecule has 144 valence electrons. The number of thiophene rings is 1. The standard InChI is InChI=1S/C19H17F3O3S2/c1-2-3-4-5-6-13-7-9-15-16-10-8-14(12-18(16)26-17(15)11-13)25-27(23,24)19(20,21)22/h5-12H,2-4H2,1H3. The van der Waals surface area contributed by atoms with Crippen molar-refractivity contribution in [3.05, 3.63) is 48.0 Å². The first-order chi connectivity index (χ1) is 12.7. The smallest absolute Gasteiger partial charge is 0.376 e. The molecule has 0 saturated carbocycles. The van der Waals surface area contributed by atoms with Gasteiger partial charge in [-0.1, -0.05) is 44.1 Å². The second-order valence-corrected chi connectivity index (χ2v) is 8.67. The molecule has 0 radical (unpaired) electrons. The Bertz CT molecular complexity index is 1100. The van der Waals surface area contributed by atoms with Crippen molar-refractivity contribution < 1.29 is 25.8 Å². The fourth-order valence-corrected chi connectivity index (χ4v) is 4.28. The largest absolute Gasteiger partial charge is 0.534 e. The van der Waals surface area contributed by atoms with E-state index < -0.39 is 15.6 Å². The molecule has 0 aliphatic carbocycles. The van der Waals surface area contributed by atoms with E-state index in [1.54, 1.807) is 6.07 Å². The Morgan fingerprint density at radius 1 is 1.07 bits per heavy atom. The molecule has 0 amide bonds. The Hall–Kier alpha value is -2.06. The molecule has 0 saturated heterocycles. The van der Waals surface area contributed by atoms with Crippen LogP contribution in [0.5, 0.6) is 5.75 Å². The van der Waals surface area contributed by atoms with E-state index in [9.17, 15) is 21.6 Å². The van der Waals surface area contributed by atoms with E-state index in [4.69, 9.17) is 0 Å². The lowest BCUT2D eigenvalue weighted by atomic mass is 10.1. The van der Waals surface area contributed by atoms with E-state index in [2.05, 4.69) is 17.2 Å². The molecule has 3 nitrogen and oxygen atoms in total. The van der Waals surface area contributed by atoms with E-state index in [-0.39, 0.29) is 5.75 Å². The summed E-state index contributed by atoms with van der Waals surface area (Å²) in [5.74, 6) is -0.355. The van der Waals surface area contributed by atoms with Crippen LogP contribution in [0, 0.1) is 0 Å². The predicted molar refractivity (Wildman–Crippen MR) is 103 cm³/mol. The second-order valence-electron chi connectivity index (χ2n) is 6.04. The minimum Gasteiger partial charge on any atom is -0.376 e. The van der Waals surface area contributed by atoms with Gasteiger partial charge in [-0.3, -0.25) is 0 Å². The number of allylic oxidation sites excluding steroid dienone is 1. The molecular formula is C19H17F3O3S2. The molecule has 1 aromatic heterocycles. The van der Waals surface area contributed by atoms with Gasteiger partial charge >= 0.3 is 15.6 Å². The van der Waals surface area contributed by atoms with Crippen LogP contribution in [0.25, 0.3) is 26.2 Å². The summed E-state index contributed by atoms with van der Waals surface area (Å²) in [4.78, 5) is 0. The Kier molecular flexibility index (Phi) is 5.48. The van der Waals surface area contributed by atoms with E-state index in [1.807, 2.05) is 24.3 Å². The molecule has 0 unspecified atom stereocenters. The third-order valence-corrected chi connectivity index (χ3v) is 6.09. The lowest BCUT2D eigenvalue weighted by Gasteiger charge is -2.09. The van der Waals surface area contributed by atoms with Crippen LogP contribution in [0.15, 0.2) is 42.5 Å². The van der Waals surface area contributed by atoms with Gasteiger partial charge < -0.3 is 4.18 Å². The molecule has 1 heterocycles. The fourth-order valence-electron chi connectivity index (χ4n) is 2.64. The number of rotatable bonds is 6. The van der Waals surface area contributed by atoms with Crippen LogP contribution in [0.4, 0.5) is 13.2 Å². The van der Waals surface area contributed by atoms with Crippen molar-refractivity contribution in [3.63, 3.8) is 0 Å². The van der Waals surface area contributed by atoms with Crippen LogP contribution < -0.4 is 4.18 Å². The molecule has 0 bridgehead atoms. The number of unbranched alkanes of at least 4 members (excludes halogenated alkanes) is 2. The molecule has 0 spiro atoms. The van der Waals surface area contributed by atoms with Gasteiger partial charge in [-0.2, -0.15) is 21.6 Å². The van der Waals surface area contributed by atoms with Crippen molar-refractivity contribution in [2.24, 2.45) is 0 Å². The Balaban J connectivity index is 1.93. The average molecular weight is 414 g/mol. The van der Waals surface area contributed by atoms with Gasteiger partial charge in [0, 0.05) is 20.2 Å². The highest BCUT2D eigenvalue weighted by Gasteiger charge is 2.48. The molecule has 0 aliphatic rings.